The number of anilines is 1. The highest BCUT2D eigenvalue weighted by Gasteiger charge is 2.16. The lowest BCUT2D eigenvalue weighted by Gasteiger charge is -2.29. The molecule has 1 aliphatic rings. The topological polar surface area (TPSA) is 78.6 Å². The molecule has 0 unspecified atom stereocenters. The van der Waals surface area contributed by atoms with Crippen LogP contribution in [0.1, 0.15) is 0 Å². The van der Waals surface area contributed by atoms with Crippen molar-refractivity contribution in [3.63, 3.8) is 0 Å². The number of aromatic hydroxyl groups is 1. The monoisotopic (exact) mass is 259 g/mol. The minimum atomic E-state index is -0.586. The van der Waals surface area contributed by atoms with Crippen LogP contribution in [0.2, 0.25) is 0 Å². The van der Waals surface area contributed by atoms with Crippen molar-refractivity contribution in [2.24, 2.45) is 0 Å². The summed E-state index contributed by atoms with van der Waals surface area (Å²) in [5.41, 5.74) is 0.573. The molecular weight excluding hydrogens is 246 g/mol. The van der Waals surface area contributed by atoms with Gasteiger partial charge in [0, 0.05) is 44.0 Å². The Kier molecular flexibility index (Phi) is 4.53. The molecule has 94 valence electrons. The molecule has 0 aliphatic carbocycles. The molecule has 1 aliphatic heterocycles. The Bertz CT molecular complexity index is 408. The number of nitrogens with one attached hydrogen (secondary N) is 1. The van der Waals surface area contributed by atoms with Crippen molar-refractivity contribution in [1.82, 2.24) is 5.32 Å². The van der Waals surface area contributed by atoms with E-state index >= 15 is 0 Å². The molecule has 1 aromatic carbocycles. The van der Waals surface area contributed by atoms with Gasteiger partial charge in [0.25, 0.3) is 0 Å². The van der Waals surface area contributed by atoms with Gasteiger partial charge in [-0.1, -0.05) is 0 Å². The van der Waals surface area contributed by atoms with Gasteiger partial charge in [-0.2, -0.15) is 0 Å². The van der Waals surface area contributed by atoms with Crippen LogP contribution in [0.25, 0.3) is 0 Å². The van der Waals surface area contributed by atoms with E-state index in [9.17, 15) is 15.2 Å². The second kappa shape index (κ2) is 5.70. The van der Waals surface area contributed by atoms with Crippen LogP contribution in [-0.2, 0) is 0 Å². The fraction of sp³-hybridized carbons (Fsp3) is 0.400. The predicted octanol–water partition coefficient (Wildman–Crippen LogP) is 1.13. The number of nitro groups is 1. The lowest BCUT2D eigenvalue weighted by atomic mass is 10.2. The van der Waals surface area contributed by atoms with Gasteiger partial charge in [-0.15, -0.1) is 12.4 Å². The summed E-state index contributed by atoms with van der Waals surface area (Å²) in [5.74, 6) is -0.277. The molecule has 1 saturated heterocycles. The van der Waals surface area contributed by atoms with E-state index in [2.05, 4.69) is 10.2 Å². The molecule has 0 radical (unpaired) electrons. The Morgan fingerprint density at radius 1 is 1.35 bits per heavy atom. The molecule has 0 spiro atoms. The summed E-state index contributed by atoms with van der Waals surface area (Å²) in [5, 5.41) is 23.3. The molecule has 1 aromatic rings. The number of halogens is 1. The van der Waals surface area contributed by atoms with Crippen LogP contribution in [-0.4, -0.2) is 36.2 Å². The second-order valence-electron chi connectivity index (χ2n) is 3.67. The van der Waals surface area contributed by atoms with E-state index in [0.717, 1.165) is 31.9 Å². The van der Waals surface area contributed by atoms with Gasteiger partial charge in [0.05, 0.1) is 4.92 Å². The van der Waals surface area contributed by atoms with Crippen molar-refractivity contribution in [1.29, 1.82) is 0 Å². The standard InChI is InChI=1S/C10H13N3O3.ClH/c14-10-7-8(1-2-9(10)13(15)16)12-5-3-11-4-6-12;/h1-2,7,11,14H,3-6H2;1H. The maximum atomic E-state index is 10.5. The largest absolute Gasteiger partial charge is 0.502 e. The maximum absolute atomic E-state index is 10.5. The summed E-state index contributed by atoms with van der Waals surface area (Å²) in [7, 11) is 0. The van der Waals surface area contributed by atoms with E-state index in [1.165, 1.54) is 12.1 Å². The van der Waals surface area contributed by atoms with Crippen LogP contribution in [0.3, 0.4) is 0 Å². The Labute approximate surface area is 105 Å². The van der Waals surface area contributed by atoms with Crippen molar-refractivity contribution in [2.75, 3.05) is 31.1 Å². The minimum Gasteiger partial charge on any atom is -0.502 e. The van der Waals surface area contributed by atoms with E-state index < -0.39 is 4.92 Å². The molecule has 2 rings (SSSR count). The predicted molar refractivity (Wildman–Crippen MR) is 67.1 cm³/mol. The second-order valence-corrected chi connectivity index (χ2v) is 3.67. The van der Waals surface area contributed by atoms with Gasteiger partial charge in [-0.25, -0.2) is 0 Å². The van der Waals surface area contributed by atoms with Crippen molar-refractivity contribution < 1.29 is 10.0 Å². The van der Waals surface area contributed by atoms with Gasteiger partial charge in [0.1, 0.15) is 0 Å². The van der Waals surface area contributed by atoms with E-state index in [4.69, 9.17) is 0 Å². The normalized spacial score (nSPS) is 15.2. The van der Waals surface area contributed by atoms with E-state index in [1.807, 2.05) is 0 Å². The molecule has 1 heterocycles. The molecule has 0 amide bonds. The van der Waals surface area contributed by atoms with Crippen LogP contribution in [0.15, 0.2) is 18.2 Å². The third-order valence-electron chi connectivity index (χ3n) is 2.64. The highest BCUT2D eigenvalue weighted by atomic mass is 35.5. The van der Waals surface area contributed by atoms with Crippen molar-refractivity contribution in [3.05, 3.63) is 28.3 Å². The molecule has 2 N–H and O–H groups in total. The molecule has 0 aromatic heterocycles. The molecule has 17 heavy (non-hydrogen) atoms. The first kappa shape index (κ1) is 13.5. The zero-order chi connectivity index (χ0) is 11.5. The summed E-state index contributed by atoms with van der Waals surface area (Å²) in [6.45, 7) is 3.46. The number of hydrogen-bond acceptors (Lipinski definition) is 5. The Morgan fingerprint density at radius 3 is 2.53 bits per heavy atom. The van der Waals surface area contributed by atoms with Crippen molar-refractivity contribution >= 4 is 23.8 Å². The van der Waals surface area contributed by atoms with Crippen LogP contribution >= 0.6 is 12.4 Å². The number of piperazine rings is 1. The lowest BCUT2D eigenvalue weighted by Crippen LogP contribution is -2.43. The number of nitro benzene ring substituents is 1. The number of nitrogens with zero attached hydrogens (tertiary/aromatic N) is 2. The van der Waals surface area contributed by atoms with E-state index in [-0.39, 0.29) is 23.8 Å². The van der Waals surface area contributed by atoms with Gasteiger partial charge in [0.2, 0.25) is 0 Å². The third-order valence-corrected chi connectivity index (χ3v) is 2.64. The molecule has 0 bridgehead atoms. The smallest absolute Gasteiger partial charge is 0.310 e. The number of rotatable bonds is 2. The third kappa shape index (κ3) is 2.98. The fourth-order valence-corrected chi connectivity index (χ4v) is 1.79. The molecular formula is C10H14ClN3O3. The summed E-state index contributed by atoms with van der Waals surface area (Å²) in [6, 6.07) is 4.46. The molecule has 1 fully saturated rings. The highest BCUT2D eigenvalue weighted by molar-refractivity contribution is 5.85. The van der Waals surface area contributed by atoms with Gasteiger partial charge < -0.3 is 15.3 Å². The quantitative estimate of drug-likeness (QED) is 0.615. The fourth-order valence-electron chi connectivity index (χ4n) is 1.79. The zero-order valence-corrected chi connectivity index (χ0v) is 9.94. The molecule has 6 nitrogen and oxygen atoms in total. The van der Waals surface area contributed by atoms with Crippen molar-refractivity contribution in [2.45, 2.75) is 0 Å². The van der Waals surface area contributed by atoms with Crippen LogP contribution in [0.5, 0.6) is 5.75 Å². The van der Waals surface area contributed by atoms with Gasteiger partial charge in [-0.05, 0) is 6.07 Å². The van der Waals surface area contributed by atoms with Gasteiger partial charge >= 0.3 is 5.69 Å². The van der Waals surface area contributed by atoms with Crippen LogP contribution < -0.4 is 10.2 Å². The summed E-state index contributed by atoms with van der Waals surface area (Å²) < 4.78 is 0. The number of phenols is 1. The number of phenolic OH excluding ortho intramolecular Hbond substituents is 1. The van der Waals surface area contributed by atoms with Gasteiger partial charge in [-0.3, -0.25) is 10.1 Å². The zero-order valence-electron chi connectivity index (χ0n) is 9.13. The van der Waals surface area contributed by atoms with Crippen LogP contribution in [0, 0.1) is 10.1 Å². The Balaban J connectivity index is 0.00000144. The first-order valence-electron chi connectivity index (χ1n) is 5.11. The first-order valence-corrected chi connectivity index (χ1v) is 5.11. The Morgan fingerprint density at radius 2 is 2.00 bits per heavy atom. The minimum absolute atomic E-state index is 0. The maximum Gasteiger partial charge on any atom is 0.310 e. The summed E-state index contributed by atoms with van der Waals surface area (Å²) in [6.07, 6.45) is 0. The Hall–Kier alpha value is -1.53. The summed E-state index contributed by atoms with van der Waals surface area (Å²) >= 11 is 0. The SMILES string of the molecule is Cl.O=[N+]([O-])c1ccc(N2CCNCC2)cc1O. The number of hydrogen-bond donors (Lipinski definition) is 2. The average molecular weight is 260 g/mol. The number of benzene rings is 1. The van der Waals surface area contributed by atoms with Crippen LogP contribution in [0.4, 0.5) is 11.4 Å². The highest BCUT2D eigenvalue weighted by Crippen LogP contribution is 2.30. The van der Waals surface area contributed by atoms with E-state index in [1.54, 1.807) is 6.07 Å². The first-order chi connectivity index (χ1) is 7.68. The molecule has 0 saturated carbocycles. The van der Waals surface area contributed by atoms with E-state index in [0.29, 0.717) is 0 Å². The summed E-state index contributed by atoms with van der Waals surface area (Å²) in [4.78, 5) is 12.0. The average Bonchev–Trinajstić information content (AvgIpc) is 2.29. The molecule has 7 heteroatoms. The van der Waals surface area contributed by atoms with Gasteiger partial charge in [0.15, 0.2) is 5.75 Å². The van der Waals surface area contributed by atoms with Crippen molar-refractivity contribution in [3.8, 4) is 5.75 Å². The molecule has 0 atom stereocenters. The lowest BCUT2D eigenvalue weighted by molar-refractivity contribution is -0.385.